The van der Waals surface area contributed by atoms with Gasteiger partial charge in [0.15, 0.2) is 6.61 Å². The highest BCUT2D eigenvalue weighted by molar-refractivity contribution is 5.94. The summed E-state index contributed by atoms with van der Waals surface area (Å²) in [6.45, 7) is 1.77. The molecule has 2 amide bonds. The van der Waals surface area contributed by atoms with Gasteiger partial charge in [0.05, 0.1) is 4.92 Å². The number of nitro benzene ring substituents is 1. The summed E-state index contributed by atoms with van der Waals surface area (Å²) in [6.07, 6.45) is 2.22. The van der Waals surface area contributed by atoms with Crippen LogP contribution in [0.2, 0.25) is 0 Å². The summed E-state index contributed by atoms with van der Waals surface area (Å²) >= 11 is 0. The molecule has 8 nitrogen and oxygen atoms in total. The van der Waals surface area contributed by atoms with E-state index in [-0.39, 0.29) is 24.1 Å². The van der Waals surface area contributed by atoms with Crippen molar-refractivity contribution in [3.8, 4) is 5.75 Å². The van der Waals surface area contributed by atoms with Crippen molar-refractivity contribution in [1.29, 1.82) is 0 Å². The largest absolute Gasteiger partial charge is 0.484 e. The minimum Gasteiger partial charge on any atom is -0.484 e. The fraction of sp³-hybridized carbons (Fsp3) is 0.263. The van der Waals surface area contributed by atoms with Gasteiger partial charge in [-0.1, -0.05) is 19.4 Å². The van der Waals surface area contributed by atoms with Crippen LogP contribution in [-0.2, 0) is 9.59 Å². The lowest BCUT2D eigenvalue weighted by Gasteiger charge is -2.10. The molecule has 0 aliphatic carbocycles. The van der Waals surface area contributed by atoms with Crippen molar-refractivity contribution in [2.45, 2.75) is 26.2 Å². The number of benzene rings is 2. The van der Waals surface area contributed by atoms with Gasteiger partial charge in [-0.05, 0) is 36.8 Å². The summed E-state index contributed by atoms with van der Waals surface area (Å²) < 4.78 is 5.31. The average Bonchev–Trinajstić information content (AvgIpc) is 2.65. The van der Waals surface area contributed by atoms with Crippen molar-refractivity contribution in [1.82, 2.24) is 0 Å². The summed E-state index contributed by atoms with van der Waals surface area (Å²) in [5, 5.41) is 16.1. The number of rotatable bonds is 9. The molecule has 0 radical (unpaired) electrons. The Bertz CT molecular complexity index is 805. The van der Waals surface area contributed by atoms with Crippen molar-refractivity contribution < 1.29 is 19.2 Å². The predicted molar refractivity (Wildman–Crippen MR) is 102 cm³/mol. The molecule has 0 atom stereocenters. The molecule has 0 saturated heterocycles. The molecule has 8 heteroatoms. The molecule has 0 aliphatic heterocycles. The van der Waals surface area contributed by atoms with E-state index in [2.05, 4.69) is 10.6 Å². The molecule has 142 valence electrons. The van der Waals surface area contributed by atoms with Crippen LogP contribution in [0.4, 0.5) is 17.1 Å². The Morgan fingerprint density at radius 3 is 2.26 bits per heavy atom. The molecule has 2 N–H and O–H groups in total. The lowest BCUT2D eigenvalue weighted by Crippen LogP contribution is -2.20. The van der Waals surface area contributed by atoms with Crippen molar-refractivity contribution >= 4 is 28.9 Å². The topological polar surface area (TPSA) is 111 Å². The normalized spacial score (nSPS) is 10.1. The molecule has 0 saturated carbocycles. The number of unbranched alkanes of at least 4 members (excludes halogenated alkanes) is 1. The lowest BCUT2D eigenvalue weighted by atomic mass is 10.2. The first-order chi connectivity index (χ1) is 13.0. The average molecular weight is 371 g/mol. The zero-order valence-corrected chi connectivity index (χ0v) is 14.9. The van der Waals surface area contributed by atoms with Gasteiger partial charge in [-0.25, -0.2) is 0 Å². The van der Waals surface area contributed by atoms with Crippen LogP contribution in [-0.4, -0.2) is 23.3 Å². The summed E-state index contributed by atoms with van der Waals surface area (Å²) in [7, 11) is 0. The van der Waals surface area contributed by atoms with E-state index in [4.69, 9.17) is 4.74 Å². The van der Waals surface area contributed by atoms with Gasteiger partial charge in [-0.2, -0.15) is 0 Å². The van der Waals surface area contributed by atoms with E-state index in [1.165, 1.54) is 24.3 Å². The standard InChI is InChI=1S/C19H21N3O5/c1-2-3-7-18(23)20-14-5-4-6-15(12-14)21-19(24)13-27-17-10-8-16(9-11-17)22(25)26/h4-6,8-12H,2-3,7,13H2,1H3,(H,20,23)(H,21,24). The summed E-state index contributed by atoms with van der Waals surface area (Å²) in [5.74, 6) is -0.0997. The Hall–Kier alpha value is -3.42. The Labute approximate surface area is 156 Å². The van der Waals surface area contributed by atoms with Crippen molar-refractivity contribution in [3.63, 3.8) is 0 Å². The molecule has 2 aromatic carbocycles. The molecule has 0 aliphatic rings. The quantitative estimate of drug-likeness (QED) is 0.515. The van der Waals surface area contributed by atoms with E-state index in [1.807, 2.05) is 6.92 Å². The van der Waals surface area contributed by atoms with Gasteiger partial charge >= 0.3 is 0 Å². The van der Waals surface area contributed by atoms with Crippen molar-refractivity contribution in [2.75, 3.05) is 17.2 Å². The molecule has 2 rings (SSSR count). The summed E-state index contributed by atoms with van der Waals surface area (Å²) in [6, 6.07) is 12.3. The van der Waals surface area contributed by atoms with E-state index in [0.29, 0.717) is 23.5 Å². The minimum absolute atomic E-state index is 0.0513. The van der Waals surface area contributed by atoms with Crippen LogP contribution in [0.15, 0.2) is 48.5 Å². The van der Waals surface area contributed by atoms with Crippen LogP contribution in [0.1, 0.15) is 26.2 Å². The fourth-order valence-corrected chi connectivity index (χ4v) is 2.25. The van der Waals surface area contributed by atoms with Crippen LogP contribution in [0.5, 0.6) is 5.75 Å². The number of carbonyl (C=O) groups excluding carboxylic acids is 2. The maximum Gasteiger partial charge on any atom is 0.269 e. The number of anilines is 2. The van der Waals surface area contributed by atoms with Gasteiger partial charge in [0.25, 0.3) is 11.6 Å². The highest BCUT2D eigenvalue weighted by atomic mass is 16.6. The van der Waals surface area contributed by atoms with Gasteiger partial charge in [-0.15, -0.1) is 0 Å². The van der Waals surface area contributed by atoms with Crippen molar-refractivity contribution in [3.05, 3.63) is 58.6 Å². The van der Waals surface area contributed by atoms with E-state index in [0.717, 1.165) is 12.8 Å². The Balaban J connectivity index is 1.85. The molecule has 0 fully saturated rings. The number of nitrogens with zero attached hydrogens (tertiary/aromatic N) is 1. The van der Waals surface area contributed by atoms with Crippen LogP contribution in [0.25, 0.3) is 0 Å². The van der Waals surface area contributed by atoms with E-state index in [9.17, 15) is 19.7 Å². The second-order valence-electron chi connectivity index (χ2n) is 5.82. The van der Waals surface area contributed by atoms with Crippen LogP contribution in [0, 0.1) is 10.1 Å². The highest BCUT2D eigenvalue weighted by Crippen LogP contribution is 2.18. The SMILES string of the molecule is CCCCC(=O)Nc1cccc(NC(=O)COc2ccc([N+](=O)[O-])cc2)c1. The zero-order chi connectivity index (χ0) is 19.6. The van der Waals surface area contributed by atoms with Gasteiger partial charge in [0, 0.05) is 29.9 Å². The number of nitro groups is 1. The van der Waals surface area contributed by atoms with Gasteiger partial charge in [0.2, 0.25) is 5.91 Å². The number of carbonyl (C=O) groups is 2. The lowest BCUT2D eigenvalue weighted by molar-refractivity contribution is -0.384. The molecule has 0 unspecified atom stereocenters. The fourth-order valence-electron chi connectivity index (χ4n) is 2.25. The maximum atomic E-state index is 12.0. The third kappa shape index (κ3) is 6.77. The number of hydrogen-bond acceptors (Lipinski definition) is 5. The highest BCUT2D eigenvalue weighted by Gasteiger charge is 2.08. The molecular formula is C19H21N3O5. The van der Waals surface area contributed by atoms with Crippen LogP contribution >= 0.6 is 0 Å². The molecule has 0 spiro atoms. The number of hydrogen-bond donors (Lipinski definition) is 2. The second-order valence-corrected chi connectivity index (χ2v) is 5.82. The number of amides is 2. The molecular weight excluding hydrogens is 350 g/mol. The molecule has 27 heavy (non-hydrogen) atoms. The third-order valence-corrected chi connectivity index (χ3v) is 3.60. The molecule has 0 aromatic heterocycles. The van der Waals surface area contributed by atoms with E-state index in [1.54, 1.807) is 24.3 Å². The Morgan fingerprint density at radius 1 is 1.04 bits per heavy atom. The molecule has 0 bridgehead atoms. The summed E-state index contributed by atoms with van der Waals surface area (Å²) in [4.78, 5) is 33.9. The monoisotopic (exact) mass is 371 g/mol. The van der Waals surface area contributed by atoms with Gasteiger partial charge < -0.3 is 15.4 Å². The summed E-state index contributed by atoms with van der Waals surface area (Å²) in [5.41, 5.74) is 1.08. The smallest absolute Gasteiger partial charge is 0.269 e. The third-order valence-electron chi connectivity index (χ3n) is 3.60. The first kappa shape index (κ1) is 19.9. The van der Waals surface area contributed by atoms with Gasteiger partial charge in [0.1, 0.15) is 5.75 Å². The van der Waals surface area contributed by atoms with E-state index >= 15 is 0 Å². The Morgan fingerprint density at radius 2 is 1.67 bits per heavy atom. The number of non-ortho nitro benzene ring substituents is 1. The number of ether oxygens (including phenoxy) is 1. The first-order valence-corrected chi connectivity index (χ1v) is 8.55. The van der Waals surface area contributed by atoms with Crippen LogP contribution < -0.4 is 15.4 Å². The second kappa shape index (κ2) is 9.91. The predicted octanol–water partition coefficient (Wildman–Crippen LogP) is 3.74. The van der Waals surface area contributed by atoms with Crippen molar-refractivity contribution in [2.24, 2.45) is 0 Å². The van der Waals surface area contributed by atoms with E-state index < -0.39 is 4.92 Å². The Kier molecular flexibility index (Phi) is 7.30. The molecule has 0 heterocycles. The minimum atomic E-state index is -0.509. The zero-order valence-electron chi connectivity index (χ0n) is 14.9. The molecule has 2 aromatic rings. The maximum absolute atomic E-state index is 12.0. The van der Waals surface area contributed by atoms with Gasteiger partial charge in [-0.3, -0.25) is 19.7 Å². The number of nitrogens with one attached hydrogen (secondary N) is 2. The first-order valence-electron chi connectivity index (χ1n) is 8.55. The van der Waals surface area contributed by atoms with Crippen LogP contribution in [0.3, 0.4) is 0 Å².